The molecule has 8 heteroatoms. The number of aromatic nitrogens is 1. The predicted octanol–water partition coefficient (Wildman–Crippen LogP) is 2.09. The summed E-state index contributed by atoms with van der Waals surface area (Å²) in [5, 5.41) is 23.7. The second-order valence-electron chi connectivity index (χ2n) is 7.96. The summed E-state index contributed by atoms with van der Waals surface area (Å²) in [5.41, 5.74) is 8.50. The van der Waals surface area contributed by atoms with Crippen molar-refractivity contribution in [2.75, 3.05) is 58.3 Å². The zero-order valence-corrected chi connectivity index (χ0v) is 17.6. The molecule has 0 saturated carbocycles. The summed E-state index contributed by atoms with van der Waals surface area (Å²) >= 11 is 0. The Morgan fingerprint density at radius 3 is 2.94 bits per heavy atom. The third-order valence-corrected chi connectivity index (χ3v) is 5.96. The number of rotatable bonds is 6. The van der Waals surface area contributed by atoms with E-state index in [0.29, 0.717) is 29.2 Å². The lowest BCUT2D eigenvalue weighted by Crippen LogP contribution is -2.38. The van der Waals surface area contributed by atoms with Gasteiger partial charge >= 0.3 is 0 Å². The van der Waals surface area contributed by atoms with Crippen molar-refractivity contribution < 1.29 is 14.6 Å². The largest absolute Gasteiger partial charge is 0.507 e. The van der Waals surface area contributed by atoms with Crippen LogP contribution in [0.5, 0.6) is 11.5 Å². The first-order valence-electron chi connectivity index (χ1n) is 10.8. The molecule has 1 atom stereocenters. The Bertz CT molecular complexity index is 947. The number of hydrogen-bond donors (Lipinski definition) is 3. The van der Waals surface area contributed by atoms with Crippen molar-refractivity contribution in [2.45, 2.75) is 18.8 Å². The van der Waals surface area contributed by atoms with Gasteiger partial charge in [-0.3, -0.25) is 4.90 Å². The molecule has 2 aliphatic heterocycles. The number of benzene rings is 1. The van der Waals surface area contributed by atoms with Crippen LogP contribution in [0.2, 0.25) is 0 Å². The van der Waals surface area contributed by atoms with Gasteiger partial charge in [-0.2, -0.15) is 5.26 Å². The summed E-state index contributed by atoms with van der Waals surface area (Å²) in [6.45, 7) is 6.30. The van der Waals surface area contributed by atoms with E-state index < -0.39 is 0 Å². The number of phenols is 1. The number of morpholine rings is 1. The number of nitrogens with one attached hydrogen (secondary N) is 1. The van der Waals surface area contributed by atoms with Gasteiger partial charge in [0.25, 0.3) is 0 Å². The number of nitrogens with zero attached hydrogens (tertiary/aromatic N) is 3. The van der Waals surface area contributed by atoms with Crippen LogP contribution in [0.3, 0.4) is 0 Å². The topological polar surface area (TPSA) is 117 Å². The third-order valence-electron chi connectivity index (χ3n) is 5.96. The highest BCUT2D eigenvalue weighted by Gasteiger charge is 2.24. The molecule has 2 saturated heterocycles. The van der Waals surface area contributed by atoms with Crippen molar-refractivity contribution in [1.82, 2.24) is 15.2 Å². The SMILES string of the molecule is N#Cc1c(C2CCCNC2)cc(-c2c(O)cccc2OCCN2CCOCC2)nc1N. The zero-order chi connectivity index (χ0) is 21.6. The molecule has 1 aromatic carbocycles. The van der Waals surface area contributed by atoms with Crippen molar-refractivity contribution in [2.24, 2.45) is 0 Å². The number of aromatic hydroxyl groups is 1. The smallest absolute Gasteiger partial charge is 0.142 e. The second kappa shape index (κ2) is 9.96. The molecule has 3 heterocycles. The van der Waals surface area contributed by atoms with E-state index in [1.807, 2.05) is 12.1 Å². The van der Waals surface area contributed by atoms with Crippen LogP contribution in [-0.4, -0.2) is 67.5 Å². The van der Waals surface area contributed by atoms with Crippen LogP contribution in [-0.2, 0) is 4.74 Å². The van der Waals surface area contributed by atoms with Crippen molar-refractivity contribution in [1.29, 1.82) is 5.26 Å². The van der Waals surface area contributed by atoms with Gasteiger partial charge in [-0.15, -0.1) is 0 Å². The lowest BCUT2D eigenvalue weighted by atomic mass is 9.88. The summed E-state index contributed by atoms with van der Waals surface area (Å²) < 4.78 is 11.4. The summed E-state index contributed by atoms with van der Waals surface area (Å²) in [5.74, 6) is 0.998. The summed E-state index contributed by atoms with van der Waals surface area (Å²) in [6, 6.07) is 9.29. The van der Waals surface area contributed by atoms with Crippen LogP contribution in [0.4, 0.5) is 5.82 Å². The number of anilines is 1. The average molecular weight is 424 g/mol. The van der Waals surface area contributed by atoms with E-state index in [4.69, 9.17) is 15.2 Å². The van der Waals surface area contributed by atoms with Gasteiger partial charge in [0.2, 0.25) is 0 Å². The van der Waals surface area contributed by atoms with E-state index in [0.717, 1.165) is 64.3 Å². The maximum absolute atomic E-state index is 10.6. The van der Waals surface area contributed by atoms with Gasteiger partial charge < -0.3 is 25.6 Å². The van der Waals surface area contributed by atoms with Gasteiger partial charge in [-0.1, -0.05) is 6.07 Å². The first-order valence-corrected chi connectivity index (χ1v) is 10.8. The molecule has 0 amide bonds. The molecule has 2 aliphatic rings. The quantitative estimate of drug-likeness (QED) is 0.647. The Kier molecular flexibility index (Phi) is 6.87. The van der Waals surface area contributed by atoms with Gasteiger partial charge in [-0.25, -0.2) is 4.98 Å². The Labute approximate surface area is 182 Å². The maximum Gasteiger partial charge on any atom is 0.142 e. The number of nitrogen functional groups attached to an aromatic ring is 1. The highest BCUT2D eigenvalue weighted by atomic mass is 16.5. The van der Waals surface area contributed by atoms with E-state index in [2.05, 4.69) is 21.3 Å². The standard InChI is InChI=1S/C23H29N5O3/c24-14-18-17(16-3-2-6-26-15-16)13-19(27-23(18)25)22-20(29)4-1-5-21(22)31-12-9-28-7-10-30-11-8-28/h1,4-5,13,16,26,29H,2-3,6-12,15H2,(H2,25,27). The van der Waals surface area contributed by atoms with Crippen LogP contribution in [0.25, 0.3) is 11.3 Å². The van der Waals surface area contributed by atoms with E-state index >= 15 is 0 Å². The van der Waals surface area contributed by atoms with Crippen molar-refractivity contribution in [3.8, 4) is 28.8 Å². The molecule has 4 N–H and O–H groups in total. The Morgan fingerprint density at radius 2 is 2.19 bits per heavy atom. The summed E-state index contributed by atoms with van der Waals surface area (Å²) in [4.78, 5) is 6.75. The number of piperidine rings is 1. The average Bonchev–Trinajstić information content (AvgIpc) is 2.80. The van der Waals surface area contributed by atoms with Gasteiger partial charge in [0.05, 0.1) is 30.0 Å². The molecule has 1 aromatic heterocycles. The lowest BCUT2D eigenvalue weighted by Gasteiger charge is -2.26. The molecule has 2 fully saturated rings. The number of phenolic OH excluding ortho intramolecular Hbond substituents is 1. The van der Waals surface area contributed by atoms with Gasteiger partial charge in [0.15, 0.2) is 0 Å². The molecule has 2 aromatic rings. The highest BCUT2D eigenvalue weighted by Crippen LogP contribution is 2.40. The lowest BCUT2D eigenvalue weighted by molar-refractivity contribution is 0.0323. The number of ether oxygens (including phenoxy) is 2. The van der Waals surface area contributed by atoms with E-state index in [1.54, 1.807) is 12.1 Å². The van der Waals surface area contributed by atoms with Gasteiger partial charge in [0, 0.05) is 26.2 Å². The van der Waals surface area contributed by atoms with Crippen LogP contribution in [0, 0.1) is 11.3 Å². The first-order chi connectivity index (χ1) is 15.2. The minimum Gasteiger partial charge on any atom is -0.507 e. The Hall–Kier alpha value is -2.86. The number of hydrogen-bond acceptors (Lipinski definition) is 8. The monoisotopic (exact) mass is 423 g/mol. The normalized spacial score (nSPS) is 19.6. The van der Waals surface area contributed by atoms with E-state index in [9.17, 15) is 10.4 Å². The van der Waals surface area contributed by atoms with Crippen molar-refractivity contribution >= 4 is 5.82 Å². The van der Waals surface area contributed by atoms with Crippen molar-refractivity contribution in [3.05, 3.63) is 35.4 Å². The minimum atomic E-state index is 0.0770. The summed E-state index contributed by atoms with van der Waals surface area (Å²) in [7, 11) is 0. The van der Waals surface area contributed by atoms with Crippen LogP contribution < -0.4 is 15.8 Å². The predicted molar refractivity (Wildman–Crippen MR) is 118 cm³/mol. The van der Waals surface area contributed by atoms with Gasteiger partial charge in [0.1, 0.15) is 30.0 Å². The first kappa shape index (κ1) is 21.4. The highest BCUT2D eigenvalue weighted by molar-refractivity contribution is 5.76. The molecule has 0 radical (unpaired) electrons. The Balaban J connectivity index is 1.62. The van der Waals surface area contributed by atoms with E-state index in [-0.39, 0.29) is 17.5 Å². The maximum atomic E-state index is 10.6. The van der Waals surface area contributed by atoms with Crippen LogP contribution >= 0.6 is 0 Å². The summed E-state index contributed by atoms with van der Waals surface area (Å²) in [6.07, 6.45) is 2.02. The molecule has 164 valence electrons. The molecular formula is C23H29N5O3. The fraction of sp³-hybridized carbons (Fsp3) is 0.478. The van der Waals surface area contributed by atoms with Crippen molar-refractivity contribution in [3.63, 3.8) is 0 Å². The second-order valence-corrected chi connectivity index (χ2v) is 7.96. The number of nitrogens with two attached hydrogens (primary N) is 1. The molecule has 8 nitrogen and oxygen atoms in total. The molecule has 31 heavy (non-hydrogen) atoms. The molecule has 0 spiro atoms. The molecule has 1 unspecified atom stereocenters. The van der Waals surface area contributed by atoms with Crippen LogP contribution in [0.15, 0.2) is 24.3 Å². The van der Waals surface area contributed by atoms with Gasteiger partial charge in [-0.05, 0) is 49.1 Å². The fourth-order valence-corrected chi connectivity index (χ4v) is 4.28. The molecular weight excluding hydrogens is 394 g/mol. The fourth-order valence-electron chi connectivity index (χ4n) is 4.28. The van der Waals surface area contributed by atoms with Crippen LogP contribution in [0.1, 0.15) is 29.9 Å². The molecule has 0 bridgehead atoms. The minimum absolute atomic E-state index is 0.0770. The third kappa shape index (κ3) is 4.90. The molecule has 4 rings (SSSR count). The van der Waals surface area contributed by atoms with E-state index in [1.165, 1.54) is 0 Å². The number of nitriles is 1. The number of pyridine rings is 1. The molecule has 0 aliphatic carbocycles. The Morgan fingerprint density at radius 1 is 1.35 bits per heavy atom. The zero-order valence-electron chi connectivity index (χ0n) is 17.6.